The Morgan fingerprint density at radius 1 is 1.04 bits per heavy atom. The third-order valence-corrected chi connectivity index (χ3v) is 3.87. The minimum absolute atomic E-state index is 0.0350. The lowest BCUT2D eigenvalue weighted by Gasteiger charge is -2.24. The molecule has 6 nitrogen and oxygen atoms in total. The molecule has 0 aliphatic carbocycles. The van der Waals surface area contributed by atoms with Gasteiger partial charge in [0.25, 0.3) is 0 Å². The number of carbonyl (C=O) groups excluding carboxylic acids is 3. The first-order valence-electron chi connectivity index (χ1n) is 8.74. The largest absolute Gasteiger partial charge is 0.469 e. The number of hydrogen-bond donors (Lipinski definition) is 1. The molecule has 0 fully saturated rings. The van der Waals surface area contributed by atoms with Crippen LogP contribution in [0.1, 0.15) is 45.2 Å². The highest BCUT2D eigenvalue weighted by Crippen LogP contribution is 2.24. The first kappa shape index (κ1) is 20.4. The van der Waals surface area contributed by atoms with E-state index in [1.54, 1.807) is 20.8 Å². The van der Waals surface area contributed by atoms with Crippen LogP contribution >= 0.6 is 0 Å². The molecule has 2 aromatic rings. The van der Waals surface area contributed by atoms with E-state index in [9.17, 15) is 14.4 Å². The normalized spacial score (nSPS) is 12.3. The molecule has 0 saturated carbocycles. The van der Waals surface area contributed by atoms with Crippen molar-refractivity contribution in [3.63, 3.8) is 0 Å². The molecule has 1 atom stereocenters. The molecular weight excluding hydrogens is 346 g/mol. The molecule has 0 aromatic heterocycles. The van der Waals surface area contributed by atoms with E-state index >= 15 is 0 Å². The fourth-order valence-corrected chi connectivity index (χ4v) is 2.66. The standard InChI is InChI=1S/C21H25NO5/c1-21(2,3)27-20(25)22-18(12-17(23)13-19(24)26-4)16-10-9-14-7-5-6-8-15(14)11-16/h5-11,18H,12-13H2,1-4H3,(H,22,25). The zero-order valence-corrected chi connectivity index (χ0v) is 16.1. The van der Waals surface area contributed by atoms with E-state index in [1.807, 2.05) is 42.5 Å². The third-order valence-electron chi connectivity index (χ3n) is 3.87. The van der Waals surface area contributed by atoms with Crippen molar-refractivity contribution in [2.45, 2.75) is 45.3 Å². The van der Waals surface area contributed by atoms with Crippen molar-refractivity contribution in [3.05, 3.63) is 48.0 Å². The van der Waals surface area contributed by atoms with E-state index in [1.165, 1.54) is 7.11 Å². The maximum Gasteiger partial charge on any atom is 0.408 e. The van der Waals surface area contributed by atoms with Gasteiger partial charge in [-0.3, -0.25) is 9.59 Å². The van der Waals surface area contributed by atoms with Gasteiger partial charge in [-0.15, -0.1) is 0 Å². The highest BCUT2D eigenvalue weighted by molar-refractivity contribution is 5.96. The first-order valence-corrected chi connectivity index (χ1v) is 8.74. The molecule has 1 unspecified atom stereocenters. The molecule has 0 radical (unpaired) electrons. The molecule has 1 amide bonds. The van der Waals surface area contributed by atoms with E-state index < -0.39 is 23.7 Å². The van der Waals surface area contributed by atoms with Gasteiger partial charge in [0.1, 0.15) is 17.8 Å². The second-order valence-electron chi connectivity index (χ2n) is 7.30. The first-order chi connectivity index (χ1) is 12.7. The predicted molar refractivity (Wildman–Crippen MR) is 102 cm³/mol. The van der Waals surface area contributed by atoms with Crippen LogP contribution in [0.4, 0.5) is 4.79 Å². The molecule has 0 aliphatic rings. The lowest BCUT2D eigenvalue weighted by atomic mass is 9.97. The monoisotopic (exact) mass is 371 g/mol. The molecular formula is C21H25NO5. The van der Waals surface area contributed by atoms with Crippen molar-refractivity contribution in [2.24, 2.45) is 0 Å². The molecule has 27 heavy (non-hydrogen) atoms. The zero-order chi connectivity index (χ0) is 20.0. The second-order valence-corrected chi connectivity index (χ2v) is 7.30. The van der Waals surface area contributed by atoms with Crippen LogP contribution in [0.5, 0.6) is 0 Å². The van der Waals surface area contributed by atoms with Crippen LogP contribution in [-0.2, 0) is 19.1 Å². The van der Waals surface area contributed by atoms with E-state index in [4.69, 9.17) is 4.74 Å². The molecule has 0 spiro atoms. The Kier molecular flexibility index (Phi) is 6.55. The van der Waals surface area contributed by atoms with Gasteiger partial charge < -0.3 is 14.8 Å². The lowest BCUT2D eigenvalue weighted by molar-refractivity contribution is -0.143. The summed E-state index contributed by atoms with van der Waals surface area (Å²) >= 11 is 0. The Hall–Kier alpha value is -2.89. The summed E-state index contributed by atoms with van der Waals surface area (Å²) in [5.41, 5.74) is 0.103. The number of methoxy groups -OCH3 is 1. The van der Waals surface area contributed by atoms with Crippen molar-refractivity contribution in [1.29, 1.82) is 0 Å². The fraction of sp³-hybridized carbons (Fsp3) is 0.381. The van der Waals surface area contributed by atoms with Gasteiger partial charge in [0, 0.05) is 6.42 Å². The van der Waals surface area contributed by atoms with Gasteiger partial charge in [0.2, 0.25) is 0 Å². The van der Waals surface area contributed by atoms with E-state index in [-0.39, 0.29) is 18.6 Å². The van der Waals surface area contributed by atoms with Crippen molar-refractivity contribution >= 4 is 28.6 Å². The number of ketones is 1. The summed E-state index contributed by atoms with van der Waals surface area (Å²) in [5.74, 6) is -0.925. The molecule has 0 heterocycles. The smallest absolute Gasteiger partial charge is 0.408 e. The highest BCUT2D eigenvalue weighted by atomic mass is 16.6. The number of rotatable bonds is 6. The summed E-state index contributed by atoms with van der Waals surface area (Å²) in [4.78, 5) is 35.8. The van der Waals surface area contributed by atoms with Crippen LogP contribution in [0.15, 0.2) is 42.5 Å². The molecule has 2 rings (SSSR count). The lowest BCUT2D eigenvalue weighted by Crippen LogP contribution is -2.36. The molecule has 1 N–H and O–H groups in total. The van der Waals surface area contributed by atoms with Gasteiger partial charge in [0.15, 0.2) is 0 Å². The van der Waals surface area contributed by atoms with E-state index in [0.29, 0.717) is 0 Å². The van der Waals surface area contributed by atoms with Gasteiger partial charge >= 0.3 is 12.1 Å². The van der Waals surface area contributed by atoms with Crippen molar-refractivity contribution in [1.82, 2.24) is 5.32 Å². The SMILES string of the molecule is COC(=O)CC(=O)CC(NC(=O)OC(C)(C)C)c1ccc2ccccc2c1. The number of Topliss-reactive ketones (excluding diaryl/α,β-unsaturated/α-hetero) is 1. The summed E-state index contributed by atoms with van der Waals surface area (Å²) in [7, 11) is 1.23. The summed E-state index contributed by atoms with van der Waals surface area (Å²) < 4.78 is 9.85. The van der Waals surface area contributed by atoms with E-state index in [2.05, 4.69) is 10.1 Å². The van der Waals surface area contributed by atoms with Crippen LogP contribution in [0.25, 0.3) is 10.8 Å². The number of hydrogen-bond acceptors (Lipinski definition) is 5. The number of alkyl carbamates (subject to hydrolysis) is 1. The molecule has 0 aliphatic heterocycles. The minimum atomic E-state index is -0.659. The topological polar surface area (TPSA) is 81.7 Å². The number of amides is 1. The third kappa shape index (κ3) is 6.40. The average Bonchev–Trinajstić information content (AvgIpc) is 2.59. The molecule has 144 valence electrons. The summed E-state index contributed by atoms with van der Waals surface area (Å²) in [5, 5.41) is 4.79. The molecule has 2 aromatic carbocycles. The number of benzene rings is 2. The fourth-order valence-electron chi connectivity index (χ4n) is 2.66. The van der Waals surface area contributed by atoms with Gasteiger partial charge in [-0.25, -0.2) is 4.79 Å². The molecule has 6 heteroatoms. The van der Waals surface area contributed by atoms with Gasteiger partial charge in [0.05, 0.1) is 13.2 Å². The molecule has 0 saturated heterocycles. The number of nitrogens with one attached hydrogen (secondary N) is 1. The van der Waals surface area contributed by atoms with Gasteiger partial charge in [-0.1, -0.05) is 36.4 Å². The minimum Gasteiger partial charge on any atom is -0.469 e. The predicted octanol–water partition coefficient (Wildman–Crippen LogP) is 3.93. The van der Waals surface area contributed by atoms with Crippen molar-refractivity contribution in [3.8, 4) is 0 Å². The maximum atomic E-state index is 12.2. The van der Waals surface area contributed by atoms with Crippen molar-refractivity contribution < 1.29 is 23.9 Å². The Morgan fingerprint density at radius 3 is 2.33 bits per heavy atom. The summed E-state index contributed by atoms with van der Waals surface area (Å²) in [6, 6.07) is 12.9. The van der Waals surface area contributed by atoms with Crippen LogP contribution in [0, 0.1) is 0 Å². The van der Waals surface area contributed by atoms with Crippen LogP contribution in [-0.4, -0.2) is 30.6 Å². The average molecular weight is 371 g/mol. The van der Waals surface area contributed by atoms with Crippen molar-refractivity contribution in [2.75, 3.05) is 7.11 Å². The Morgan fingerprint density at radius 2 is 1.70 bits per heavy atom. The summed E-state index contributed by atoms with van der Waals surface area (Å²) in [6.45, 7) is 5.29. The quantitative estimate of drug-likeness (QED) is 0.615. The van der Waals surface area contributed by atoms with E-state index in [0.717, 1.165) is 16.3 Å². The van der Waals surface area contributed by atoms with Crippen LogP contribution in [0.2, 0.25) is 0 Å². The number of ether oxygens (including phenoxy) is 2. The highest BCUT2D eigenvalue weighted by Gasteiger charge is 2.23. The molecule has 0 bridgehead atoms. The van der Waals surface area contributed by atoms with Gasteiger partial charge in [-0.2, -0.15) is 0 Å². The second kappa shape index (κ2) is 8.66. The van der Waals surface area contributed by atoms with Crippen LogP contribution < -0.4 is 5.32 Å². The summed E-state index contributed by atoms with van der Waals surface area (Å²) in [6.07, 6.45) is -0.991. The van der Waals surface area contributed by atoms with Gasteiger partial charge in [-0.05, 0) is 43.2 Å². The number of esters is 1. The Bertz CT molecular complexity index is 838. The zero-order valence-electron chi connectivity index (χ0n) is 16.1. The number of carbonyl (C=O) groups is 3. The Labute approximate surface area is 158 Å². The van der Waals surface area contributed by atoms with Crippen LogP contribution in [0.3, 0.4) is 0 Å². The Balaban J connectivity index is 2.25. The number of fused-ring (bicyclic) bond motifs is 1. The maximum absolute atomic E-state index is 12.2.